The van der Waals surface area contributed by atoms with Gasteiger partial charge in [0.15, 0.2) is 0 Å². The summed E-state index contributed by atoms with van der Waals surface area (Å²) >= 11 is 0. The summed E-state index contributed by atoms with van der Waals surface area (Å²) in [5.41, 5.74) is 1.07. The maximum Gasteiger partial charge on any atom is 0.250 e. The van der Waals surface area contributed by atoms with Gasteiger partial charge in [-0.2, -0.15) is 5.06 Å². The van der Waals surface area contributed by atoms with Crippen LogP contribution in [0, 0.1) is 5.92 Å². The van der Waals surface area contributed by atoms with Crippen LogP contribution in [-0.4, -0.2) is 28.7 Å². The Morgan fingerprint density at radius 2 is 1.82 bits per heavy atom. The Kier molecular flexibility index (Phi) is 3.64. The maximum atomic E-state index is 6.39. The highest BCUT2D eigenvalue weighted by Gasteiger charge is 2.60. The van der Waals surface area contributed by atoms with Crippen LogP contribution in [0.2, 0.25) is 0 Å². The molecule has 1 aromatic rings. The molecule has 2 saturated heterocycles. The molecular formula is C18H28N2O2. The summed E-state index contributed by atoms with van der Waals surface area (Å²) in [6.07, 6.45) is 0. The predicted molar refractivity (Wildman–Crippen MR) is 86.9 cm³/mol. The molecule has 3 rings (SSSR count). The minimum absolute atomic E-state index is 0.0800. The Morgan fingerprint density at radius 1 is 1.18 bits per heavy atom. The number of rotatable bonds is 1. The number of hydrogen-bond donors (Lipinski definition) is 1. The van der Waals surface area contributed by atoms with Gasteiger partial charge in [0, 0.05) is 17.0 Å². The third kappa shape index (κ3) is 2.58. The molecule has 4 nitrogen and oxygen atoms in total. The van der Waals surface area contributed by atoms with Crippen LogP contribution in [0.3, 0.4) is 0 Å². The molecule has 0 bridgehead atoms. The molecule has 3 unspecified atom stereocenters. The Labute approximate surface area is 133 Å². The van der Waals surface area contributed by atoms with E-state index in [1.165, 1.54) is 5.56 Å². The molecule has 122 valence electrons. The highest BCUT2D eigenvalue weighted by Crippen LogP contribution is 2.50. The summed E-state index contributed by atoms with van der Waals surface area (Å²) in [6, 6.07) is 10.7. The van der Waals surface area contributed by atoms with E-state index < -0.39 is 5.91 Å². The van der Waals surface area contributed by atoms with Gasteiger partial charge >= 0.3 is 0 Å². The summed E-state index contributed by atoms with van der Waals surface area (Å²) < 4.78 is 6.13. The number of ether oxygens (including phenoxy) is 1. The fraction of sp³-hybridized carbons (Fsp3) is 0.667. The van der Waals surface area contributed by atoms with Crippen molar-refractivity contribution in [2.75, 3.05) is 6.61 Å². The molecule has 2 heterocycles. The van der Waals surface area contributed by atoms with Crippen molar-refractivity contribution in [1.29, 1.82) is 0 Å². The lowest BCUT2D eigenvalue weighted by molar-refractivity contribution is -0.327. The van der Waals surface area contributed by atoms with Gasteiger partial charge in [-0.15, -0.1) is 0 Å². The first-order valence-corrected chi connectivity index (χ1v) is 8.11. The van der Waals surface area contributed by atoms with Crippen molar-refractivity contribution in [3.8, 4) is 0 Å². The second kappa shape index (κ2) is 5.03. The van der Waals surface area contributed by atoms with Gasteiger partial charge in [-0.1, -0.05) is 37.3 Å². The smallest absolute Gasteiger partial charge is 0.250 e. The van der Waals surface area contributed by atoms with Gasteiger partial charge < -0.3 is 4.74 Å². The lowest BCUT2D eigenvalue weighted by Crippen LogP contribution is -2.52. The van der Waals surface area contributed by atoms with Crippen LogP contribution in [0.4, 0.5) is 0 Å². The first kappa shape index (κ1) is 15.9. The van der Waals surface area contributed by atoms with Crippen molar-refractivity contribution in [2.24, 2.45) is 5.92 Å². The van der Waals surface area contributed by atoms with Gasteiger partial charge in [0.1, 0.15) is 0 Å². The zero-order valence-corrected chi connectivity index (χ0v) is 14.5. The highest BCUT2D eigenvalue weighted by atomic mass is 16.8. The van der Waals surface area contributed by atoms with Crippen molar-refractivity contribution >= 4 is 0 Å². The van der Waals surface area contributed by atoms with Crippen LogP contribution in [-0.2, 0) is 9.57 Å². The van der Waals surface area contributed by atoms with Crippen molar-refractivity contribution in [2.45, 2.75) is 64.6 Å². The Balaban J connectivity index is 2.00. The summed E-state index contributed by atoms with van der Waals surface area (Å²) in [6.45, 7) is 13.7. The van der Waals surface area contributed by atoms with E-state index in [-0.39, 0.29) is 23.0 Å². The van der Waals surface area contributed by atoms with Crippen molar-refractivity contribution in [3.05, 3.63) is 35.9 Å². The van der Waals surface area contributed by atoms with Crippen LogP contribution in [0.5, 0.6) is 0 Å². The minimum Gasteiger partial charge on any atom is -0.334 e. The second-order valence-corrected chi connectivity index (χ2v) is 8.20. The summed E-state index contributed by atoms with van der Waals surface area (Å²) in [7, 11) is 0. The Morgan fingerprint density at radius 3 is 2.32 bits per heavy atom. The van der Waals surface area contributed by atoms with Crippen molar-refractivity contribution in [1.82, 2.24) is 10.4 Å². The fourth-order valence-corrected chi connectivity index (χ4v) is 3.45. The SMILES string of the molecule is CC1C(c2ccccc2)N(C(C)(C)C)OC12NC(C)(C)CO2. The third-order valence-corrected chi connectivity index (χ3v) is 4.52. The topological polar surface area (TPSA) is 33.7 Å². The molecule has 0 aliphatic carbocycles. The van der Waals surface area contributed by atoms with E-state index in [4.69, 9.17) is 9.57 Å². The largest absolute Gasteiger partial charge is 0.334 e. The standard InChI is InChI=1S/C18H28N2O2/c1-13-15(14-10-8-7-9-11-14)20(16(2,3)4)22-18(13)19-17(5,6)12-21-18/h7-11,13,15,19H,12H2,1-6H3. The van der Waals surface area contributed by atoms with Gasteiger partial charge in [-0.3, -0.25) is 5.32 Å². The average molecular weight is 304 g/mol. The van der Waals surface area contributed by atoms with Crippen molar-refractivity contribution in [3.63, 3.8) is 0 Å². The molecule has 0 aromatic heterocycles. The maximum absolute atomic E-state index is 6.39. The quantitative estimate of drug-likeness (QED) is 0.861. The number of nitrogens with one attached hydrogen (secondary N) is 1. The number of hydroxylamine groups is 2. The van der Waals surface area contributed by atoms with Crippen LogP contribution in [0.15, 0.2) is 30.3 Å². The van der Waals surface area contributed by atoms with Crippen molar-refractivity contribution < 1.29 is 9.57 Å². The normalized spacial score (nSPS) is 35.4. The molecule has 3 atom stereocenters. The predicted octanol–water partition coefficient (Wildman–Crippen LogP) is 3.46. The average Bonchev–Trinajstić information content (AvgIpc) is 2.89. The first-order valence-electron chi connectivity index (χ1n) is 8.11. The number of nitrogens with zero attached hydrogens (tertiary/aromatic N) is 1. The zero-order chi connectivity index (χ0) is 16.2. The molecule has 4 heteroatoms. The molecule has 2 fully saturated rings. The molecular weight excluding hydrogens is 276 g/mol. The van der Waals surface area contributed by atoms with Gasteiger partial charge in [0.25, 0.3) is 5.91 Å². The zero-order valence-electron chi connectivity index (χ0n) is 14.5. The van der Waals surface area contributed by atoms with Gasteiger partial charge in [-0.25, -0.2) is 4.84 Å². The monoisotopic (exact) mass is 304 g/mol. The lowest BCUT2D eigenvalue weighted by Gasteiger charge is -2.35. The third-order valence-electron chi connectivity index (χ3n) is 4.52. The summed E-state index contributed by atoms with van der Waals surface area (Å²) in [4.78, 5) is 6.39. The van der Waals surface area contributed by atoms with Gasteiger partial charge in [0.2, 0.25) is 0 Å². The van der Waals surface area contributed by atoms with E-state index in [1.807, 2.05) is 0 Å². The Bertz CT molecular complexity index is 538. The molecule has 1 aromatic carbocycles. The fourth-order valence-electron chi connectivity index (χ4n) is 3.45. The molecule has 1 N–H and O–H groups in total. The van der Waals surface area contributed by atoms with E-state index in [0.29, 0.717) is 6.61 Å². The van der Waals surface area contributed by atoms with E-state index >= 15 is 0 Å². The summed E-state index contributed by atoms with van der Waals surface area (Å²) in [5.74, 6) is -0.562. The van der Waals surface area contributed by atoms with Crippen LogP contribution < -0.4 is 5.32 Å². The number of benzene rings is 1. The molecule has 0 amide bonds. The molecule has 2 aliphatic rings. The molecule has 1 spiro atoms. The van der Waals surface area contributed by atoms with E-state index in [0.717, 1.165) is 0 Å². The first-order chi connectivity index (χ1) is 10.1. The molecule has 2 aliphatic heterocycles. The van der Waals surface area contributed by atoms with Gasteiger partial charge in [-0.05, 0) is 40.2 Å². The van der Waals surface area contributed by atoms with Crippen LogP contribution in [0.1, 0.15) is 53.1 Å². The van der Waals surface area contributed by atoms with Crippen LogP contribution in [0.25, 0.3) is 0 Å². The lowest BCUT2D eigenvalue weighted by atomic mass is 9.90. The highest BCUT2D eigenvalue weighted by molar-refractivity contribution is 5.22. The van der Waals surface area contributed by atoms with E-state index in [1.54, 1.807) is 0 Å². The molecule has 0 saturated carbocycles. The Hall–Kier alpha value is -0.940. The van der Waals surface area contributed by atoms with E-state index in [2.05, 4.69) is 82.3 Å². The van der Waals surface area contributed by atoms with Gasteiger partial charge in [0.05, 0.1) is 12.6 Å². The summed E-state index contributed by atoms with van der Waals surface area (Å²) in [5, 5.41) is 5.67. The minimum atomic E-state index is -0.739. The second-order valence-electron chi connectivity index (χ2n) is 8.20. The number of hydrogen-bond acceptors (Lipinski definition) is 4. The molecule has 0 radical (unpaired) electrons. The van der Waals surface area contributed by atoms with Crippen LogP contribution >= 0.6 is 0 Å². The van der Waals surface area contributed by atoms with E-state index in [9.17, 15) is 0 Å². The molecule has 22 heavy (non-hydrogen) atoms.